The van der Waals surface area contributed by atoms with E-state index in [4.69, 9.17) is 11.6 Å². The Morgan fingerprint density at radius 3 is 2.71 bits per heavy atom. The monoisotopic (exact) mass is 331 g/mol. The van der Waals surface area contributed by atoms with E-state index in [1.807, 2.05) is 0 Å². The Balaban J connectivity index is 2.05. The van der Waals surface area contributed by atoms with Gasteiger partial charge in [0.05, 0.1) is 0 Å². The van der Waals surface area contributed by atoms with Crippen LogP contribution in [0.2, 0.25) is 5.15 Å². The van der Waals surface area contributed by atoms with E-state index in [0.29, 0.717) is 32.4 Å². The minimum absolute atomic E-state index is 0.00777. The molecule has 8 heteroatoms. The Labute approximate surface area is 129 Å². The zero-order chi connectivity index (χ0) is 15.5. The van der Waals surface area contributed by atoms with Crippen LogP contribution >= 0.6 is 11.6 Å². The van der Waals surface area contributed by atoms with Crippen LogP contribution in [0.4, 0.5) is 0 Å². The molecule has 0 saturated carbocycles. The molecular formula is C13H18ClN3O3S. The second kappa shape index (κ2) is 6.72. The van der Waals surface area contributed by atoms with Crippen molar-refractivity contribution in [3.05, 3.63) is 23.5 Å². The molecule has 0 aliphatic carbocycles. The van der Waals surface area contributed by atoms with Crippen LogP contribution < -0.4 is 5.32 Å². The maximum atomic E-state index is 12.5. The van der Waals surface area contributed by atoms with Crippen molar-refractivity contribution in [3.63, 3.8) is 0 Å². The predicted octanol–water partition coefficient (Wildman–Crippen LogP) is 1.41. The van der Waals surface area contributed by atoms with Crippen molar-refractivity contribution in [2.45, 2.75) is 37.1 Å². The highest BCUT2D eigenvalue weighted by atomic mass is 35.5. The minimum Gasteiger partial charge on any atom is -0.353 e. The van der Waals surface area contributed by atoms with Crippen molar-refractivity contribution in [2.24, 2.45) is 0 Å². The molecule has 1 aromatic heterocycles. The highest BCUT2D eigenvalue weighted by Crippen LogP contribution is 2.25. The maximum Gasteiger partial charge on any atom is 0.246 e. The normalized spacial score (nSPS) is 17.6. The molecular weight excluding hydrogens is 314 g/mol. The van der Waals surface area contributed by atoms with Gasteiger partial charge in [-0.1, -0.05) is 18.5 Å². The summed E-state index contributed by atoms with van der Waals surface area (Å²) in [5.41, 5.74) is 0. The summed E-state index contributed by atoms with van der Waals surface area (Å²) in [5, 5.41) is 2.88. The van der Waals surface area contributed by atoms with E-state index in [0.717, 1.165) is 0 Å². The SMILES string of the molecule is CCC(=O)NC1CCN(S(=O)(=O)c2cccnc2Cl)CC1. The molecule has 21 heavy (non-hydrogen) atoms. The molecule has 1 amide bonds. The van der Waals surface area contributed by atoms with Gasteiger partial charge < -0.3 is 5.32 Å². The zero-order valence-electron chi connectivity index (χ0n) is 11.8. The number of rotatable bonds is 4. The first kappa shape index (κ1) is 16.2. The van der Waals surface area contributed by atoms with Crippen LogP contribution in [-0.2, 0) is 14.8 Å². The second-order valence-corrected chi connectivity index (χ2v) is 7.16. The Morgan fingerprint density at radius 1 is 1.48 bits per heavy atom. The minimum atomic E-state index is -3.62. The molecule has 116 valence electrons. The number of nitrogens with zero attached hydrogens (tertiary/aromatic N) is 2. The Bertz CT molecular complexity index is 613. The standard InChI is InChI=1S/C13H18ClN3O3S/c1-2-12(18)16-10-5-8-17(9-6-10)21(19,20)11-4-3-7-15-13(11)14/h3-4,7,10H,2,5-6,8-9H2,1H3,(H,16,18). The first-order valence-corrected chi connectivity index (χ1v) is 8.67. The molecule has 1 saturated heterocycles. The van der Waals surface area contributed by atoms with Gasteiger partial charge in [-0.15, -0.1) is 0 Å². The fourth-order valence-electron chi connectivity index (χ4n) is 2.27. The lowest BCUT2D eigenvalue weighted by Crippen LogP contribution is -2.46. The Kier molecular flexibility index (Phi) is 5.18. The number of amides is 1. The van der Waals surface area contributed by atoms with Gasteiger partial charge in [0, 0.05) is 31.7 Å². The number of pyridine rings is 1. The third-order valence-corrected chi connectivity index (χ3v) is 5.83. The maximum absolute atomic E-state index is 12.5. The van der Waals surface area contributed by atoms with E-state index in [1.54, 1.807) is 13.0 Å². The average Bonchev–Trinajstić information content (AvgIpc) is 2.48. The topological polar surface area (TPSA) is 79.4 Å². The molecule has 6 nitrogen and oxygen atoms in total. The van der Waals surface area contributed by atoms with Crippen molar-refractivity contribution in [1.29, 1.82) is 0 Å². The van der Waals surface area contributed by atoms with E-state index >= 15 is 0 Å². The second-order valence-electron chi connectivity index (χ2n) is 4.89. The summed E-state index contributed by atoms with van der Waals surface area (Å²) in [7, 11) is -3.62. The van der Waals surface area contributed by atoms with Crippen LogP contribution in [-0.4, -0.2) is 42.7 Å². The van der Waals surface area contributed by atoms with E-state index in [9.17, 15) is 13.2 Å². The van der Waals surface area contributed by atoms with Gasteiger partial charge in [-0.2, -0.15) is 4.31 Å². The summed E-state index contributed by atoms with van der Waals surface area (Å²) >= 11 is 5.87. The number of carbonyl (C=O) groups is 1. The van der Waals surface area contributed by atoms with Gasteiger partial charge in [0.2, 0.25) is 15.9 Å². The fraction of sp³-hybridized carbons (Fsp3) is 0.538. The van der Waals surface area contributed by atoms with Gasteiger partial charge in [0.1, 0.15) is 10.0 Å². The number of sulfonamides is 1. The average molecular weight is 332 g/mol. The third kappa shape index (κ3) is 3.72. The molecule has 0 radical (unpaired) electrons. The number of carbonyl (C=O) groups excluding carboxylic acids is 1. The summed E-state index contributed by atoms with van der Waals surface area (Å²) in [5.74, 6) is -0.00777. The number of halogens is 1. The van der Waals surface area contributed by atoms with Crippen LogP contribution in [0, 0.1) is 0 Å². The van der Waals surface area contributed by atoms with Crippen molar-refractivity contribution in [2.75, 3.05) is 13.1 Å². The third-order valence-electron chi connectivity index (χ3n) is 3.48. The molecule has 1 aromatic rings. The molecule has 1 aliphatic rings. The molecule has 1 aliphatic heterocycles. The summed E-state index contributed by atoms with van der Waals surface area (Å²) in [4.78, 5) is 15.2. The van der Waals surface area contributed by atoms with E-state index in [2.05, 4.69) is 10.3 Å². The van der Waals surface area contributed by atoms with Gasteiger partial charge in [-0.25, -0.2) is 13.4 Å². The molecule has 2 heterocycles. The van der Waals surface area contributed by atoms with Gasteiger partial charge in [0.25, 0.3) is 0 Å². The number of nitrogens with one attached hydrogen (secondary N) is 1. The van der Waals surface area contributed by atoms with Gasteiger partial charge >= 0.3 is 0 Å². The molecule has 1 N–H and O–H groups in total. The number of aromatic nitrogens is 1. The molecule has 2 rings (SSSR count). The van der Waals surface area contributed by atoms with Crippen molar-refractivity contribution >= 4 is 27.5 Å². The van der Waals surface area contributed by atoms with E-state index in [1.165, 1.54) is 16.6 Å². The number of hydrogen-bond donors (Lipinski definition) is 1. The fourth-order valence-corrected chi connectivity index (χ4v) is 4.17. The highest BCUT2D eigenvalue weighted by Gasteiger charge is 2.31. The highest BCUT2D eigenvalue weighted by molar-refractivity contribution is 7.89. The van der Waals surface area contributed by atoms with Crippen LogP contribution in [0.3, 0.4) is 0 Å². The lowest BCUT2D eigenvalue weighted by atomic mass is 10.1. The number of hydrogen-bond acceptors (Lipinski definition) is 4. The van der Waals surface area contributed by atoms with Crippen molar-refractivity contribution in [3.8, 4) is 0 Å². The molecule has 0 atom stereocenters. The quantitative estimate of drug-likeness (QED) is 0.846. The lowest BCUT2D eigenvalue weighted by molar-refractivity contribution is -0.121. The largest absolute Gasteiger partial charge is 0.353 e. The molecule has 1 fully saturated rings. The van der Waals surface area contributed by atoms with Gasteiger partial charge in [-0.3, -0.25) is 4.79 Å². The Hall–Kier alpha value is -1.18. The summed E-state index contributed by atoms with van der Waals surface area (Å²) in [6.45, 7) is 2.52. The molecule has 0 spiro atoms. The lowest BCUT2D eigenvalue weighted by Gasteiger charge is -2.31. The number of piperidine rings is 1. The molecule has 0 unspecified atom stereocenters. The molecule has 0 bridgehead atoms. The van der Waals surface area contributed by atoms with Crippen LogP contribution in [0.25, 0.3) is 0 Å². The van der Waals surface area contributed by atoms with Crippen LogP contribution in [0.15, 0.2) is 23.2 Å². The zero-order valence-corrected chi connectivity index (χ0v) is 13.3. The van der Waals surface area contributed by atoms with Crippen molar-refractivity contribution in [1.82, 2.24) is 14.6 Å². The van der Waals surface area contributed by atoms with Crippen LogP contribution in [0.5, 0.6) is 0 Å². The van der Waals surface area contributed by atoms with Crippen LogP contribution in [0.1, 0.15) is 26.2 Å². The summed E-state index contributed by atoms with van der Waals surface area (Å²) in [6.07, 6.45) is 3.09. The van der Waals surface area contributed by atoms with Crippen molar-refractivity contribution < 1.29 is 13.2 Å². The summed E-state index contributed by atoms with van der Waals surface area (Å²) < 4.78 is 26.4. The smallest absolute Gasteiger partial charge is 0.246 e. The summed E-state index contributed by atoms with van der Waals surface area (Å²) in [6, 6.07) is 3.04. The Morgan fingerprint density at radius 2 is 2.14 bits per heavy atom. The predicted molar refractivity (Wildman–Crippen MR) is 79.5 cm³/mol. The first-order valence-electron chi connectivity index (χ1n) is 6.85. The molecule has 0 aromatic carbocycles. The van der Waals surface area contributed by atoms with Gasteiger partial charge in [-0.05, 0) is 25.0 Å². The van der Waals surface area contributed by atoms with Gasteiger partial charge in [0.15, 0.2) is 0 Å². The first-order chi connectivity index (χ1) is 9.95. The van der Waals surface area contributed by atoms with E-state index < -0.39 is 10.0 Å². The van der Waals surface area contributed by atoms with E-state index in [-0.39, 0.29) is 22.0 Å².